The van der Waals surface area contributed by atoms with Crippen LogP contribution in [0.3, 0.4) is 0 Å². The maximum atomic E-state index is 12.0. The lowest BCUT2D eigenvalue weighted by Gasteiger charge is -2.35. The van der Waals surface area contributed by atoms with Crippen LogP contribution in [0.5, 0.6) is 0 Å². The van der Waals surface area contributed by atoms with Gasteiger partial charge in [0.1, 0.15) is 0 Å². The largest absolute Gasteiger partial charge is 0.387 e. The Kier molecular flexibility index (Phi) is 5.72. The summed E-state index contributed by atoms with van der Waals surface area (Å²) >= 11 is 0. The van der Waals surface area contributed by atoms with Crippen molar-refractivity contribution in [3.05, 3.63) is 119 Å². The van der Waals surface area contributed by atoms with Gasteiger partial charge in [-0.25, -0.2) is 0 Å². The predicted molar refractivity (Wildman–Crippen MR) is 126 cm³/mol. The van der Waals surface area contributed by atoms with Crippen molar-refractivity contribution in [1.29, 1.82) is 0 Å². The molecular weight excluding hydrogens is 366 g/mol. The van der Waals surface area contributed by atoms with E-state index in [1.54, 1.807) is 0 Å². The van der Waals surface area contributed by atoms with Crippen LogP contribution in [0.25, 0.3) is 10.8 Å². The highest BCUT2D eigenvalue weighted by molar-refractivity contribution is 5.86. The van der Waals surface area contributed by atoms with Gasteiger partial charge in [0.25, 0.3) is 0 Å². The van der Waals surface area contributed by atoms with Crippen molar-refractivity contribution in [2.45, 2.75) is 38.3 Å². The molecule has 1 atom stereocenters. The third-order valence-electron chi connectivity index (χ3n) is 6.00. The smallest absolute Gasteiger partial charge is 0.0919 e. The van der Waals surface area contributed by atoms with Gasteiger partial charge in [-0.1, -0.05) is 102 Å². The second-order valence-electron chi connectivity index (χ2n) is 8.47. The van der Waals surface area contributed by atoms with Crippen LogP contribution in [0.15, 0.2) is 91.0 Å². The molecule has 2 nitrogen and oxygen atoms in total. The van der Waals surface area contributed by atoms with E-state index in [0.29, 0.717) is 12.8 Å². The van der Waals surface area contributed by atoms with Crippen LogP contribution < -0.4 is 5.73 Å². The van der Waals surface area contributed by atoms with Crippen molar-refractivity contribution in [2.24, 2.45) is 5.73 Å². The van der Waals surface area contributed by atoms with E-state index in [1.807, 2.05) is 24.3 Å². The highest BCUT2D eigenvalue weighted by Crippen LogP contribution is 2.34. The zero-order valence-corrected chi connectivity index (χ0v) is 17.7. The average molecular weight is 396 g/mol. The highest BCUT2D eigenvalue weighted by atomic mass is 16.3. The number of aryl methyl sites for hydroxylation is 2. The number of rotatable bonds is 6. The van der Waals surface area contributed by atoms with Crippen LogP contribution in [0.4, 0.5) is 0 Å². The van der Waals surface area contributed by atoms with Gasteiger partial charge in [0.05, 0.1) is 11.6 Å². The first-order valence-corrected chi connectivity index (χ1v) is 10.5. The second kappa shape index (κ2) is 8.43. The lowest BCUT2D eigenvalue weighted by molar-refractivity contribution is 0.0141. The van der Waals surface area contributed by atoms with Crippen molar-refractivity contribution in [3.8, 4) is 0 Å². The Hall–Kier alpha value is -2.94. The van der Waals surface area contributed by atoms with E-state index in [-0.39, 0.29) is 0 Å². The van der Waals surface area contributed by atoms with Crippen LogP contribution in [-0.4, -0.2) is 10.7 Å². The van der Waals surface area contributed by atoms with E-state index >= 15 is 0 Å². The monoisotopic (exact) mass is 395 g/mol. The molecule has 0 heterocycles. The summed E-state index contributed by atoms with van der Waals surface area (Å²) in [6.07, 6.45) is 0.983. The number of fused-ring (bicyclic) bond motifs is 1. The topological polar surface area (TPSA) is 46.2 Å². The Morgan fingerprint density at radius 2 is 1.20 bits per heavy atom. The maximum Gasteiger partial charge on any atom is 0.0919 e. The fourth-order valence-corrected chi connectivity index (χ4v) is 4.21. The number of benzene rings is 4. The lowest BCUT2D eigenvalue weighted by atomic mass is 9.78. The minimum Gasteiger partial charge on any atom is -0.387 e. The minimum absolute atomic E-state index is 0.492. The Labute approximate surface area is 179 Å². The summed E-state index contributed by atoms with van der Waals surface area (Å²) in [4.78, 5) is 0. The molecule has 30 heavy (non-hydrogen) atoms. The van der Waals surface area contributed by atoms with Crippen molar-refractivity contribution >= 4 is 10.8 Å². The molecule has 0 bridgehead atoms. The van der Waals surface area contributed by atoms with E-state index in [0.717, 1.165) is 27.5 Å². The first-order valence-electron chi connectivity index (χ1n) is 10.5. The van der Waals surface area contributed by atoms with Gasteiger partial charge in [-0.15, -0.1) is 0 Å². The molecule has 4 rings (SSSR count). The molecule has 0 radical (unpaired) electrons. The Morgan fingerprint density at radius 3 is 1.77 bits per heavy atom. The van der Waals surface area contributed by atoms with E-state index in [1.165, 1.54) is 11.1 Å². The summed E-state index contributed by atoms with van der Waals surface area (Å²) in [6, 6.07) is 30.6. The van der Waals surface area contributed by atoms with Gasteiger partial charge < -0.3 is 10.8 Å². The van der Waals surface area contributed by atoms with E-state index in [2.05, 4.69) is 80.6 Å². The van der Waals surface area contributed by atoms with Gasteiger partial charge >= 0.3 is 0 Å². The Bertz CT molecular complexity index is 1080. The van der Waals surface area contributed by atoms with Crippen molar-refractivity contribution in [1.82, 2.24) is 0 Å². The molecule has 0 aromatic heterocycles. The number of hydrogen-bond acceptors (Lipinski definition) is 2. The van der Waals surface area contributed by atoms with Gasteiger partial charge in [-0.3, -0.25) is 0 Å². The van der Waals surface area contributed by atoms with Crippen molar-refractivity contribution in [3.63, 3.8) is 0 Å². The van der Waals surface area contributed by atoms with Crippen LogP contribution >= 0.6 is 0 Å². The lowest BCUT2D eigenvalue weighted by Crippen LogP contribution is -2.45. The average Bonchev–Trinajstić information content (AvgIpc) is 2.76. The molecule has 3 N–H and O–H groups in total. The number of nitrogens with two attached hydrogens (primary N) is 1. The van der Waals surface area contributed by atoms with Gasteiger partial charge in [0.2, 0.25) is 0 Å². The fourth-order valence-electron chi connectivity index (χ4n) is 4.21. The number of hydrogen-bond donors (Lipinski definition) is 2. The normalized spacial score (nSPS) is 12.8. The van der Waals surface area contributed by atoms with Crippen LogP contribution in [-0.2, 0) is 12.8 Å². The van der Waals surface area contributed by atoms with Gasteiger partial charge in [-0.2, -0.15) is 0 Å². The second-order valence-corrected chi connectivity index (χ2v) is 8.47. The molecule has 0 aliphatic carbocycles. The molecule has 1 unspecified atom stereocenters. The summed E-state index contributed by atoms with van der Waals surface area (Å²) in [5.41, 5.74) is 11.3. The standard InChI is InChI=1S/C28H29NO/c1-20-10-14-22(15-11-20)18-28(30,19-23-16-12-21(2)13-17-23)27(29)26-9-5-7-24-6-3-4-8-25(24)26/h3-17,27,30H,18-19,29H2,1-2H3. The SMILES string of the molecule is Cc1ccc(CC(O)(Cc2ccc(C)cc2)C(N)c2cccc3ccccc23)cc1. The predicted octanol–water partition coefficient (Wildman–Crippen LogP) is 5.67. The molecule has 0 aliphatic rings. The van der Waals surface area contributed by atoms with Gasteiger partial charge in [0.15, 0.2) is 0 Å². The van der Waals surface area contributed by atoms with Gasteiger partial charge in [-0.05, 0) is 41.3 Å². The Morgan fingerprint density at radius 1 is 0.700 bits per heavy atom. The third-order valence-corrected chi connectivity index (χ3v) is 6.00. The summed E-state index contributed by atoms with van der Waals surface area (Å²) in [5, 5.41) is 14.2. The summed E-state index contributed by atoms with van der Waals surface area (Å²) in [5.74, 6) is 0. The molecular formula is C28H29NO. The summed E-state index contributed by atoms with van der Waals surface area (Å²) in [7, 11) is 0. The molecule has 0 spiro atoms. The van der Waals surface area contributed by atoms with Crippen LogP contribution in [0, 0.1) is 13.8 Å². The molecule has 4 aromatic carbocycles. The zero-order valence-electron chi connectivity index (χ0n) is 17.7. The molecule has 0 amide bonds. The Balaban J connectivity index is 1.76. The molecule has 2 heteroatoms. The van der Waals surface area contributed by atoms with E-state index in [9.17, 15) is 5.11 Å². The summed E-state index contributed by atoms with van der Waals surface area (Å²) in [6.45, 7) is 4.15. The summed E-state index contributed by atoms with van der Waals surface area (Å²) < 4.78 is 0. The fraction of sp³-hybridized carbons (Fsp3) is 0.214. The molecule has 152 valence electrons. The first-order chi connectivity index (χ1) is 14.4. The molecule has 4 aromatic rings. The zero-order chi connectivity index (χ0) is 21.1. The minimum atomic E-state index is -1.12. The molecule has 0 aliphatic heterocycles. The third kappa shape index (κ3) is 4.30. The molecule has 0 fully saturated rings. The van der Waals surface area contributed by atoms with Crippen molar-refractivity contribution in [2.75, 3.05) is 0 Å². The molecule has 0 saturated carbocycles. The van der Waals surface area contributed by atoms with Crippen molar-refractivity contribution < 1.29 is 5.11 Å². The quantitative estimate of drug-likeness (QED) is 0.442. The first kappa shape index (κ1) is 20.3. The van der Waals surface area contributed by atoms with E-state index in [4.69, 9.17) is 5.73 Å². The van der Waals surface area contributed by atoms with E-state index < -0.39 is 11.6 Å². The molecule has 0 saturated heterocycles. The van der Waals surface area contributed by atoms with Gasteiger partial charge in [0, 0.05) is 12.8 Å². The van der Waals surface area contributed by atoms with Crippen LogP contribution in [0.2, 0.25) is 0 Å². The number of aliphatic hydroxyl groups is 1. The maximum absolute atomic E-state index is 12.0. The highest BCUT2D eigenvalue weighted by Gasteiger charge is 2.36. The van der Waals surface area contributed by atoms with Crippen LogP contribution in [0.1, 0.15) is 33.9 Å².